The van der Waals surface area contributed by atoms with Gasteiger partial charge in [-0.2, -0.15) is 0 Å². The zero-order chi connectivity index (χ0) is 42.5. The van der Waals surface area contributed by atoms with Gasteiger partial charge in [0.05, 0.1) is 21.5 Å². The molecule has 15 heteroatoms. The van der Waals surface area contributed by atoms with E-state index in [1.807, 2.05) is 19.1 Å². The van der Waals surface area contributed by atoms with Crippen molar-refractivity contribution >= 4 is 33.0 Å². The molecule has 5 fully saturated rings. The van der Waals surface area contributed by atoms with Gasteiger partial charge in [0.2, 0.25) is 0 Å². The maximum Gasteiger partial charge on any atom is 0.297 e. The predicted octanol–water partition coefficient (Wildman–Crippen LogP) is 6.42. The summed E-state index contributed by atoms with van der Waals surface area (Å²) < 4.78 is 40.4. The molecule has 3 N–H and O–H groups in total. The molecule has 4 aliphatic heterocycles. The van der Waals surface area contributed by atoms with Crippen molar-refractivity contribution in [3.63, 3.8) is 0 Å². The van der Waals surface area contributed by atoms with E-state index in [-0.39, 0.29) is 35.6 Å². The van der Waals surface area contributed by atoms with Crippen molar-refractivity contribution in [2.24, 2.45) is 11.3 Å². The molecule has 6 aliphatic rings. The Labute approximate surface area is 359 Å². The number of hydrogen-bond acceptors (Lipinski definition) is 12. The van der Waals surface area contributed by atoms with Crippen LogP contribution in [-0.4, -0.2) is 110 Å². The first-order valence-electron chi connectivity index (χ1n) is 22.3. The van der Waals surface area contributed by atoms with Gasteiger partial charge in [0.25, 0.3) is 21.6 Å². The lowest BCUT2D eigenvalue weighted by Gasteiger charge is -2.59. The Hall–Kier alpha value is -4.28. The largest absolute Gasteiger partial charge is 0.489 e. The van der Waals surface area contributed by atoms with E-state index in [2.05, 4.69) is 55.9 Å². The number of aliphatic hydroxyl groups is 1. The molecule has 0 aromatic heterocycles. The van der Waals surface area contributed by atoms with E-state index in [0.717, 1.165) is 95.8 Å². The third kappa shape index (κ3) is 8.73. The van der Waals surface area contributed by atoms with Gasteiger partial charge in [-0.15, -0.1) is 0 Å². The molecule has 4 heterocycles. The van der Waals surface area contributed by atoms with Crippen LogP contribution >= 0.6 is 0 Å². The molecule has 0 bridgehead atoms. The first-order valence-corrected chi connectivity index (χ1v) is 23.7. The average Bonchev–Trinajstić information content (AvgIpc) is 3.25. The lowest BCUT2D eigenvalue weighted by molar-refractivity contribution is -0.384. The summed E-state index contributed by atoms with van der Waals surface area (Å²) in [5.41, 5.74) is 3.47. The van der Waals surface area contributed by atoms with Crippen molar-refractivity contribution in [3.8, 4) is 5.75 Å². The Morgan fingerprint density at radius 1 is 0.934 bits per heavy atom. The van der Waals surface area contributed by atoms with Crippen LogP contribution < -0.4 is 19.7 Å². The van der Waals surface area contributed by atoms with Gasteiger partial charge in [0, 0.05) is 87.4 Å². The number of nitrogens with zero attached hydrogens (tertiary/aromatic N) is 4. The molecule has 3 aromatic carbocycles. The number of anilines is 2. The molecular weight excluding hydrogens is 797 g/mol. The van der Waals surface area contributed by atoms with E-state index in [9.17, 15) is 28.4 Å². The molecule has 328 valence electrons. The van der Waals surface area contributed by atoms with Crippen molar-refractivity contribution in [2.75, 3.05) is 62.8 Å². The van der Waals surface area contributed by atoms with Crippen LogP contribution in [0.1, 0.15) is 98.7 Å². The van der Waals surface area contributed by atoms with Crippen LogP contribution in [0.3, 0.4) is 0 Å². The smallest absolute Gasteiger partial charge is 0.297 e. The molecular formula is C46H60N6O8S. The van der Waals surface area contributed by atoms with E-state index in [0.29, 0.717) is 36.8 Å². The minimum absolute atomic E-state index is 0.0620. The van der Waals surface area contributed by atoms with Gasteiger partial charge in [-0.25, -0.2) is 13.1 Å². The molecule has 3 aromatic rings. The number of nitro benzene ring substituents is 1. The van der Waals surface area contributed by atoms with E-state index >= 15 is 0 Å². The number of nitro groups is 1. The number of piperazine rings is 1. The zero-order valence-corrected chi connectivity index (χ0v) is 36.2. The Morgan fingerprint density at radius 2 is 1.64 bits per heavy atom. The number of ether oxygens (including phenoxy) is 2. The third-order valence-electron chi connectivity index (χ3n) is 15.0. The Balaban J connectivity index is 0.800. The monoisotopic (exact) mass is 856 g/mol. The SMILES string of the molecule is Cc1ccccc1[C@@H]1CN(C2CCC(C)(O)CC2)CCN1C1CC2(CCN(c3ccc(C(=O)NS(=O)(=O)c4cc5c(c([N+](=O)[O-])c4)N[C@H](C4CCOCC4)CO5)cc3)CC2)C1. The fourth-order valence-electron chi connectivity index (χ4n) is 11.2. The summed E-state index contributed by atoms with van der Waals surface area (Å²) in [6.07, 6.45) is 10.1. The average molecular weight is 857 g/mol. The summed E-state index contributed by atoms with van der Waals surface area (Å²) in [7, 11) is -4.47. The van der Waals surface area contributed by atoms with Crippen LogP contribution in [0.2, 0.25) is 0 Å². The number of sulfonamides is 1. The number of benzene rings is 3. The van der Waals surface area contributed by atoms with Crippen LogP contribution in [0, 0.1) is 28.4 Å². The molecule has 0 unspecified atom stereocenters. The zero-order valence-electron chi connectivity index (χ0n) is 35.4. The second-order valence-electron chi connectivity index (χ2n) is 18.9. The van der Waals surface area contributed by atoms with Crippen molar-refractivity contribution in [1.29, 1.82) is 0 Å². The number of fused-ring (bicyclic) bond motifs is 1. The highest BCUT2D eigenvalue weighted by Crippen LogP contribution is 2.53. The predicted molar refractivity (Wildman–Crippen MR) is 233 cm³/mol. The molecule has 14 nitrogen and oxygen atoms in total. The number of aryl methyl sites for hydroxylation is 1. The van der Waals surface area contributed by atoms with Gasteiger partial charge < -0.3 is 24.8 Å². The van der Waals surface area contributed by atoms with Crippen LogP contribution in [-0.2, 0) is 14.8 Å². The normalized spacial score (nSPS) is 27.7. The highest BCUT2D eigenvalue weighted by molar-refractivity contribution is 7.90. The Kier molecular flexibility index (Phi) is 11.6. The Morgan fingerprint density at radius 3 is 2.33 bits per heavy atom. The molecule has 1 amide bonds. The number of amides is 1. The fraction of sp³-hybridized carbons (Fsp3) is 0.587. The van der Waals surface area contributed by atoms with Gasteiger partial charge in [-0.3, -0.25) is 24.7 Å². The van der Waals surface area contributed by atoms with Gasteiger partial charge in [0.15, 0.2) is 11.4 Å². The summed E-state index contributed by atoms with van der Waals surface area (Å²) in [5.74, 6) is -0.547. The van der Waals surface area contributed by atoms with E-state index in [1.54, 1.807) is 12.1 Å². The summed E-state index contributed by atoms with van der Waals surface area (Å²) >= 11 is 0. The van der Waals surface area contributed by atoms with Crippen molar-refractivity contribution in [2.45, 2.75) is 113 Å². The molecule has 0 radical (unpaired) electrons. The molecule has 61 heavy (non-hydrogen) atoms. The van der Waals surface area contributed by atoms with Crippen LogP contribution in [0.4, 0.5) is 17.1 Å². The van der Waals surface area contributed by atoms with Crippen LogP contribution in [0.5, 0.6) is 5.75 Å². The highest BCUT2D eigenvalue weighted by atomic mass is 32.2. The fourth-order valence-corrected chi connectivity index (χ4v) is 12.2. The quantitative estimate of drug-likeness (QED) is 0.160. The lowest BCUT2D eigenvalue weighted by Crippen LogP contribution is -2.61. The molecule has 1 spiro atoms. The summed E-state index contributed by atoms with van der Waals surface area (Å²) in [6, 6.07) is 19.4. The number of rotatable bonds is 9. The van der Waals surface area contributed by atoms with E-state index < -0.39 is 37.0 Å². The molecule has 3 saturated heterocycles. The molecule has 9 rings (SSSR count). The van der Waals surface area contributed by atoms with Crippen molar-refractivity contribution < 1.29 is 32.7 Å². The van der Waals surface area contributed by atoms with Gasteiger partial charge in [-0.05, 0) is 125 Å². The topological polar surface area (TPSA) is 167 Å². The van der Waals surface area contributed by atoms with Gasteiger partial charge in [0.1, 0.15) is 6.61 Å². The summed E-state index contributed by atoms with van der Waals surface area (Å²) in [4.78, 5) is 32.2. The van der Waals surface area contributed by atoms with Crippen LogP contribution in [0.15, 0.2) is 65.6 Å². The van der Waals surface area contributed by atoms with E-state index in [4.69, 9.17) is 9.47 Å². The van der Waals surface area contributed by atoms with Crippen molar-refractivity contribution in [1.82, 2.24) is 14.5 Å². The Bertz CT molecular complexity index is 2200. The van der Waals surface area contributed by atoms with E-state index in [1.165, 1.54) is 30.0 Å². The lowest BCUT2D eigenvalue weighted by atomic mass is 9.59. The second-order valence-corrected chi connectivity index (χ2v) is 20.6. The van der Waals surface area contributed by atoms with Crippen molar-refractivity contribution in [3.05, 3.63) is 87.5 Å². The number of carbonyl (C=O) groups is 1. The van der Waals surface area contributed by atoms with Crippen LogP contribution in [0.25, 0.3) is 0 Å². The third-order valence-corrected chi connectivity index (χ3v) is 16.4. The first-order chi connectivity index (χ1) is 29.3. The minimum atomic E-state index is -4.47. The highest BCUT2D eigenvalue weighted by Gasteiger charge is 2.50. The number of nitrogens with one attached hydrogen (secondary N) is 2. The number of hydrogen-bond donors (Lipinski definition) is 3. The maximum atomic E-state index is 13.5. The summed E-state index contributed by atoms with van der Waals surface area (Å²) in [5, 5.41) is 25.9. The first kappa shape index (κ1) is 42.0. The standard InChI is InChI=1S/C46H60N6O8S/c1-31-5-3-4-6-38(31)41-29-50(35-11-15-45(2,54)16-12-35)21-22-51(41)36-27-46(28-36)17-19-49(20-18-46)34-9-7-33(8-10-34)44(53)48-61(57,58)37-25-40(52(55)56)43-42(26-37)60-30-39(47-43)32-13-23-59-24-14-32/h3-10,25-26,32,35-36,39,41,47,54H,11-24,27-30H2,1-2H3,(H,48,53)/t35?,39-,41-,45?/m0/s1. The second kappa shape index (κ2) is 16.8. The van der Waals surface area contributed by atoms with Gasteiger partial charge in [-0.1, -0.05) is 24.3 Å². The molecule has 2 aliphatic carbocycles. The number of carbonyl (C=O) groups excluding carboxylic acids is 1. The summed E-state index contributed by atoms with van der Waals surface area (Å²) in [6.45, 7) is 10.7. The maximum absolute atomic E-state index is 13.5. The molecule has 2 atom stereocenters. The minimum Gasteiger partial charge on any atom is -0.489 e. The molecule has 2 saturated carbocycles. The number of piperidine rings is 1. The van der Waals surface area contributed by atoms with Gasteiger partial charge >= 0.3 is 0 Å².